The summed E-state index contributed by atoms with van der Waals surface area (Å²) in [6, 6.07) is 0.0608. The maximum atomic E-state index is 12.1. The summed E-state index contributed by atoms with van der Waals surface area (Å²) in [6.45, 7) is 1.11. The molecule has 5 nitrogen and oxygen atoms in total. The monoisotopic (exact) mass is 265 g/mol. The number of carbonyl (C=O) groups excluding carboxylic acids is 1. The summed E-state index contributed by atoms with van der Waals surface area (Å²) in [5.74, 6) is 0. The van der Waals surface area contributed by atoms with E-state index in [-0.39, 0.29) is 18.6 Å². The van der Waals surface area contributed by atoms with Crippen molar-refractivity contribution in [3.8, 4) is 0 Å². The van der Waals surface area contributed by atoms with Gasteiger partial charge in [-0.15, -0.1) is 0 Å². The van der Waals surface area contributed by atoms with Crippen molar-refractivity contribution in [1.82, 2.24) is 15.1 Å². The van der Waals surface area contributed by atoms with Crippen molar-refractivity contribution in [1.29, 1.82) is 0 Å². The molecule has 0 saturated carbocycles. The molecule has 18 heavy (non-hydrogen) atoms. The number of halogens is 2. The second-order valence-electron chi connectivity index (χ2n) is 4.75. The van der Waals surface area contributed by atoms with E-state index >= 15 is 0 Å². The molecule has 2 N–H and O–H groups in total. The molecule has 0 radical (unpaired) electrons. The van der Waals surface area contributed by atoms with E-state index in [1.807, 2.05) is 0 Å². The summed E-state index contributed by atoms with van der Waals surface area (Å²) in [6.07, 6.45) is -2.90. The number of alkyl halides is 2. The van der Waals surface area contributed by atoms with Gasteiger partial charge in [0, 0.05) is 39.8 Å². The molecule has 0 bridgehead atoms. The molecule has 0 aromatic carbocycles. The number of hydrogen-bond donors (Lipinski definition) is 2. The summed E-state index contributed by atoms with van der Waals surface area (Å²) >= 11 is 0. The number of piperidine rings is 1. The first kappa shape index (κ1) is 15.1. The van der Waals surface area contributed by atoms with Gasteiger partial charge in [0.2, 0.25) is 0 Å². The molecule has 1 atom stereocenters. The van der Waals surface area contributed by atoms with Gasteiger partial charge >= 0.3 is 6.03 Å². The lowest BCUT2D eigenvalue weighted by molar-refractivity contribution is -0.00552. The molecule has 0 aromatic heterocycles. The highest BCUT2D eigenvalue weighted by Crippen LogP contribution is 2.12. The third kappa shape index (κ3) is 4.38. The van der Waals surface area contributed by atoms with Crippen LogP contribution in [0.3, 0.4) is 0 Å². The smallest absolute Gasteiger partial charge is 0.319 e. The fourth-order valence-corrected chi connectivity index (χ4v) is 1.93. The summed E-state index contributed by atoms with van der Waals surface area (Å²) < 4.78 is 24.2. The molecule has 0 aromatic rings. The third-order valence-electron chi connectivity index (χ3n) is 3.05. The lowest BCUT2D eigenvalue weighted by Gasteiger charge is -2.34. The zero-order valence-corrected chi connectivity index (χ0v) is 10.8. The molecule has 1 unspecified atom stereocenters. The van der Waals surface area contributed by atoms with Crippen molar-refractivity contribution < 1.29 is 18.7 Å². The minimum atomic E-state index is -2.71. The molecule has 0 spiro atoms. The minimum absolute atomic E-state index is 0.0268. The van der Waals surface area contributed by atoms with Crippen LogP contribution in [0.5, 0.6) is 0 Å². The highest BCUT2D eigenvalue weighted by molar-refractivity contribution is 5.73. The Kier molecular flexibility index (Phi) is 5.74. The van der Waals surface area contributed by atoms with Crippen molar-refractivity contribution >= 4 is 6.03 Å². The number of rotatable bonds is 4. The maximum Gasteiger partial charge on any atom is 0.319 e. The van der Waals surface area contributed by atoms with E-state index in [1.165, 1.54) is 4.90 Å². The van der Waals surface area contributed by atoms with Gasteiger partial charge in [0.1, 0.15) is 6.10 Å². The van der Waals surface area contributed by atoms with E-state index in [4.69, 9.17) is 5.11 Å². The number of nitrogens with zero attached hydrogens (tertiary/aromatic N) is 2. The summed E-state index contributed by atoms with van der Waals surface area (Å²) in [4.78, 5) is 14.9. The van der Waals surface area contributed by atoms with Gasteiger partial charge in [-0.25, -0.2) is 13.6 Å². The van der Waals surface area contributed by atoms with Crippen molar-refractivity contribution in [2.75, 3.05) is 33.7 Å². The molecule has 1 fully saturated rings. The van der Waals surface area contributed by atoms with Crippen LogP contribution in [-0.2, 0) is 0 Å². The molecule has 106 valence electrons. The number of aliphatic hydroxyl groups is 1. The standard InChI is InChI=1S/C11H21F2N3O2/c1-15(2)11(18)16-5-3-8(4-6-16)14-7-9(17)10(12)13/h8-10,14,17H,3-7H2,1-2H3. The molecule has 1 saturated heterocycles. The van der Waals surface area contributed by atoms with Crippen LogP contribution in [-0.4, -0.2) is 73.2 Å². The number of carbonyl (C=O) groups is 1. The van der Waals surface area contributed by atoms with Gasteiger partial charge < -0.3 is 20.2 Å². The number of amides is 2. The van der Waals surface area contributed by atoms with Crippen LogP contribution in [0.15, 0.2) is 0 Å². The van der Waals surface area contributed by atoms with Crippen LogP contribution in [0.1, 0.15) is 12.8 Å². The van der Waals surface area contributed by atoms with Gasteiger partial charge in [0.05, 0.1) is 0 Å². The topological polar surface area (TPSA) is 55.8 Å². The predicted molar refractivity (Wildman–Crippen MR) is 63.7 cm³/mol. The number of likely N-dealkylation sites (tertiary alicyclic amines) is 1. The van der Waals surface area contributed by atoms with Gasteiger partial charge in [-0.2, -0.15) is 0 Å². The van der Waals surface area contributed by atoms with Crippen LogP contribution >= 0.6 is 0 Å². The van der Waals surface area contributed by atoms with Crippen molar-refractivity contribution in [2.45, 2.75) is 31.4 Å². The second kappa shape index (κ2) is 6.84. The lowest BCUT2D eigenvalue weighted by Crippen LogP contribution is -2.49. The van der Waals surface area contributed by atoms with E-state index in [9.17, 15) is 13.6 Å². The molecule has 1 aliphatic rings. The maximum absolute atomic E-state index is 12.1. The Bertz CT molecular complexity index is 269. The molecule has 7 heteroatoms. The van der Waals surface area contributed by atoms with Crippen LogP contribution < -0.4 is 5.32 Å². The second-order valence-corrected chi connectivity index (χ2v) is 4.75. The Hall–Kier alpha value is -0.950. The average molecular weight is 265 g/mol. The Labute approximate surface area is 106 Å². The summed E-state index contributed by atoms with van der Waals surface area (Å²) in [5, 5.41) is 11.9. The normalized spacial score (nSPS) is 19.1. The fraction of sp³-hybridized carbons (Fsp3) is 0.909. The Morgan fingerprint density at radius 3 is 2.44 bits per heavy atom. The van der Waals surface area contributed by atoms with Crippen molar-refractivity contribution in [2.24, 2.45) is 0 Å². The van der Waals surface area contributed by atoms with Crippen molar-refractivity contribution in [3.63, 3.8) is 0 Å². The first-order valence-corrected chi connectivity index (χ1v) is 6.07. The largest absolute Gasteiger partial charge is 0.386 e. The highest BCUT2D eigenvalue weighted by Gasteiger charge is 2.25. The molecular formula is C11H21F2N3O2. The van der Waals surface area contributed by atoms with E-state index in [1.54, 1.807) is 19.0 Å². The molecule has 2 amide bonds. The number of urea groups is 1. The predicted octanol–water partition coefficient (Wildman–Crippen LogP) is 0.348. The number of nitrogens with one attached hydrogen (secondary N) is 1. The quantitative estimate of drug-likeness (QED) is 0.771. The van der Waals surface area contributed by atoms with Crippen molar-refractivity contribution in [3.05, 3.63) is 0 Å². The summed E-state index contributed by atoms with van der Waals surface area (Å²) in [5.41, 5.74) is 0. The van der Waals surface area contributed by atoms with Crippen LogP contribution in [0.4, 0.5) is 13.6 Å². The summed E-state index contributed by atoms with van der Waals surface area (Å²) in [7, 11) is 3.40. The minimum Gasteiger partial charge on any atom is -0.386 e. The van der Waals surface area contributed by atoms with Gasteiger partial charge in [0.15, 0.2) is 0 Å². The molecule has 1 aliphatic heterocycles. The van der Waals surface area contributed by atoms with E-state index < -0.39 is 12.5 Å². The van der Waals surface area contributed by atoms with Gasteiger partial charge in [0.25, 0.3) is 6.43 Å². The Balaban J connectivity index is 2.25. The molecule has 0 aliphatic carbocycles. The zero-order valence-electron chi connectivity index (χ0n) is 10.8. The fourth-order valence-electron chi connectivity index (χ4n) is 1.93. The highest BCUT2D eigenvalue weighted by atomic mass is 19.3. The first-order chi connectivity index (χ1) is 8.41. The molecule has 1 heterocycles. The molecular weight excluding hydrogens is 244 g/mol. The van der Waals surface area contributed by atoms with E-state index in [2.05, 4.69) is 5.32 Å². The van der Waals surface area contributed by atoms with E-state index in [0.29, 0.717) is 13.1 Å². The van der Waals surface area contributed by atoms with Gasteiger partial charge in [-0.3, -0.25) is 0 Å². The average Bonchev–Trinajstić information content (AvgIpc) is 2.35. The van der Waals surface area contributed by atoms with Crippen LogP contribution in [0, 0.1) is 0 Å². The van der Waals surface area contributed by atoms with Gasteiger partial charge in [-0.1, -0.05) is 0 Å². The Morgan fingerprint density at radius 1 is 1.44 bits per heavy atom. The number of hydrogen-bond acceptors (Lipinski definition) is 3. The van der Waals surface area contributed by atoms with Crippen LogP contribution in [0.2, 0.25) is 0 Å². The zero-order chi connectivity index (χ0) is 13.7. The SMILES string of the molecule is CN(C)C(=O)N1CCC(NCC(O)C(F)F)CC1. The van der Waals surface area contributed by atoms with Gasteiger partial charge in [-0.05, 0) is 12.8 Å². The third-order valence-corrected chi connectivity index (χ3v) is 3.05. The van der Waals surface area contributed by atoms with Crippen LogP contribution in [0.25, 0.3) is 0 Å². The first-order valence-electron chi connectivity index (χ1n) is 6.07. The Morgan fingerprint density at radius 2 is 2.00 bits per heavy atom. The van der Waals surface area contributed by atoms with E-state index in [0.717, 1.165) is 12.8 Å². The number of aliphatic hydroxyl groups excluding tert-OH is 1. The molecule has 1 rings (SSSR count). The lowest BCUT2D eigenvalue weighted by atomic mass is 10.1.